The van der Waals surface area contributed by atoms with Gasteiger partial charge in [0.25, 0.3) is 5.56 Å². The van der Waals surface area contributed by atoms with Crippen LogP contribution in [0, 0.1) is 5.82 Å². The number of halogens is 1. The Bertz CT molecular complexity index is 1540. The molecule has 5 nitrogen and oxygen atoms in total. The molecule has 0 bridgehead atoms. The highest BCUT2D eigenvalue weighted by Gasteiger charge is 2.20. The first-order valence-corrected chi connectivity index (χ1v) is 9.42. The lowest BCUT2D eigenvalue weighted by Gasteiger charge is -2.16. The molecule has 0 atom stereocenters. The molecule has 2 aromatic heterocycles. The summed E-state index contributed by atoms with van der Waals surface area (Å²) in [6.45, 7) is 0. The van der Waals surface area contributed by atoms with E-state index in [0.29, 0.717) is 28.0 Å². The second-order valence-corrected chi connectivity index (χ2v) is 7.02. The number of para-hydroxylation sites is 2. The average Bonchev–Trinajstić information content (AvgIpc) is 2.78. The Morgan fingerprint density at radius 3 is 2.23 bits per heavy atom. The van der Waals surface area contributed by atoms with Crippen LogP contribution in [-0.2, 0) is 7.05 Å². The lowest BCUT2D eigenvalue weighted by atomic mass is 10.1. The van der Waals surface area contributed by atoms with Gasteiger partial charge in [-0.25, -0.2) is 9.37 Å². The van der Waals surface area contributed by atoms with Crippen LogP contribution >= 0.6 is 0 Å². The van der Waals surface area contributed by atoms with Gasteiger partial charge in [0.05, 0.1) is 11.2 Å². The molecule has 0 unspecified atom stereocenters. The zero-order valence-corrected chi connectivity index (χ0v) is 16.0. The predicted molar refractivity (Wildman–Crippen MR) is 115 cm³/mol. The van der Waals surface area contributed by atoms with Crippen molar-refractivity contribution in [3.63, 3.8) is 0 Å². The van der Waals surface area contributed by atoms with Crippen LogP contribution < -0.4 is 11.0 Å². The molecule has 0 radical (unpaired) electrons. The van der Waals surface area contributed by atoms with Crippen LogP contribution in [-0.4, -0.2) is 14.1 Å². The van der Waals surface area contributed by atoms with Gasteiger partial charge in [-0.3, -0.25) is 14.2 Å². The standard InChI is InChI=1S/C24H16FN3O2/c1-27-19-10-6-5-9-18(19)21(29)20-23(27)26-22(15-11-13-16(25)14-12-15)28(24(20)30)17-7-3-2-4-8-17/h2-14H,1H3. The summed E-state index contributed by atoms with van der Waals surface area (Å²) in [7, 11) is 1.78. The van der Waals surface area contributed by atoms with Crippen LogP contribution in [0.2, 0.25) is 0 Å². The monoisotopic (exact) mass is 397 g/mol. The molecule has 0 N–H and O–H groups in total. The maximum absolute atomic E-state index is 13.6. The molecule has 146 valence electrons. The third-order valence-corrected chi connectivity index (χ3v) is 5.24. The van der Waals surface area contributed by atoms with Crippen LogP contribution in [0.1, 0.15) is 0 Å². The van der Waals surface area contributed by atoms with Crippen LogP contribution in [0.15, 0.2) is 88.5 Å². The zero-order valence-electron chi connectivity index (χ0n) is 16.0. The van der Waals surface area contributed by atoms with Gasteiger partial charge < -0.3 is 4.57 Å². The second-order valence-electron chi connectivity index (χ2n) is 7.02. The third-order valence-electron chi connectivity index (χ3n) is 5.24. The Morgan fingerprint density at radius 1 is 0.833 bits per heavy atom. The van der Waals surface area contributed by atoms with E-state index in [-0.39, 0.29) is 22.3 Å². The first kappa shape index (κ1) is 18.0. The van der Waals surface area contributed by atoms with E-state index in [0.717, 1.165) is 0 Å². The maximum Gasteiger partial charge on any atom is 0.271 e. The molecule has 0 aliphatic rings. The lowest BCUT2D eigenvalue weighted by Crippen LogP contribution is -2.28. The Balaban J connectivity index is 2.01. The van der Waals surface area contributed by atoms with E-state index in [1.54, 1.807) is 60.1 Å². The Morgan fingerprint density at radius 2 is 1.50 bits per heavy atom. The maximum atomic E-state index is 13.6. The summed E-state index contributed by atoms with van der Waals surface area (Å²) in [4.78, 5) is 31.6. The largest absolute Gasteiger partial charge is 0.328 e. The molecular formula is C24H16FN3O2. The lowest BCUT2D eigenvalue weighted by molar-refractivity contribution is 0.628. The van der Waals surface area contributed by atoms with Gasteiger partial charge in [0.2, 0.25) is 5.43 Å². The molecular weight excluding hydrogens is 381 g/mol. The molecule has 30 heavy (non-hydrogen) atoms. The van der Waals surface area contributed by atoms with Crippen molar-refractivity contribution >= 4 is 21.9 Å². The molecule has 0 spiro atoms. The highest BCUT2D eigenvalue weighted by Crippen LogP contribution is 2.23. The first-order valence-electron chi connectivity index (χ1n) is 9.42. The zero-order chi connectivity index (χ0) is 20.8. The second kappa shape index (κ2) is 6.77. The fourth-order valence-corrected chi connectivity index (χ4v) is 3.77. The van der Waals surface area contributed by atoms with Gasteiger partial charge in [0.15, 0.2) is 5.65 Å². The minimum Gasteiger partial charge on any atom is -0.328 e. The smallest absolute Gasteiger partial charge is 0.271 e. The van der Waals surface area contributed by atoms with Gasteiger partial charge in [0, 0.05) is 18.0 Å². The molecule has 6 heteroatoms. The molecule has 0 saturated heterocycles. The summed E-state index contributed by atoms with van der Waals surface area (Å²) in [6.07, 6.45) is 0. The molecule has 0 aliphatic carbocycles. The van der Waals surface area contributed by atoms with Crippen LogP contribution in [0.3, 0.4) is 0 Å². The number of aromatic nitrogens is 3. The highest BCUT2D eigenvalue weighted by atomic mass is 19.1. The fraction of sp³-hybridized carbons (Fsp3) is 0.0417. The summed E-state index contributed by atoms with van der Waals surface area (Å²) in [5.74, 6) is -0.0458. The van der Waals surface area contributed by atoms with E-state index < -0.39 is 5.56 Å². The molecule has 0 fully saturated rings. The molecule has 0 saturated carbocycles. The van der Waals surface area contributed by atoms with Gasteiger partial charge in [-0.2, -0.15) is 0 Å². The van der Waals surface area contributed by atoms with Crippen molar-refractivity contribution in [3.8, 4) is 17.1 Å². The Labute approximate surface area is 170 Å². The quantitative estimate of drug-likeness (QED) is 0.423. The predicted octanol–water partition coefficient (Wildman–Crippen LogP) is 4.04. The normalized spacial score (nSPS) is 11.3. The summed E-state index contributed by atoms with van der Waals surface area (Å²) < 4.78 is 16.7. The molecule has 0 amide bonds. The van der Waals surface area contributed by atoms with Crippen molar-refractivity contribution in [2.45, 2.75) is 0 Å². The number of hydrogen-bond donors (Lipinski definition) is 0. The molecule has 0 aliphatic heterocycles. The first-order chi connectivity index (χ1) is 14.6. The van der Waals surface area contributed by atoms with Crippen molar-refractivity contribution in [2.75, 3.05) is 0 Å². The number of nitrogens with zero attached hydrogens (tertiary/aromatic N) is 3. The van der Waals surface area contributed by atoms with E-state index >= 15 is 0 Å². The van der Waals surface area contributed by atoms with Gasteiger partial charge >= 0.3 is 0 Å². The number of hydrogen-bond acceptors (Lipinski definition) is 3. The van der Waals surface area contributed by atoms with Gasteiger partial charge in [0.1, 0.15) is 17.0 Å². The van der Waals surface area contributed by atoms with E-state index in [1.165, 1.54) is 16.7 Å². The number of pyridine rings is 1. The summed E-state index contributed by atoms with van der Waals surface area (Å²) in [5, 5.41) is 0.478. The Kier molecular flexibility index (Phi) is 4.06. The summed E-state index contributed by atoms with van der Waals surface area (Å²) in [6, 6.07) is 21.9. The number of fused-ring (bicyclic) bond motifs is 2. The third kappa shape index (κ3) is 2.65. The van der Waals surface area contributed by atoms with Crippen molar-refractivity contribution in [2.24, 2.45) is 7.05 Å². The van der Waals surface area contributed by atoms with E-state index in [4.69, 9.17) is 4.98 Å². The average molecular weight is 397 g/mol. The molecule has 5 rings (SSSR count). The van der Waals surface area contributed by atoms with Gasteiger partial charge in [-0.15, -0.1) is 0 Å². The molecule has 5 aromatic rings. The van der Waals surface area contributed by atoms with E-state index in [2.05, 4.69) is 0 Å². The number of benzene rings is 3. The molecule has 2 heterocycles. The fourth-order valence-electron chi connectivity index (χ4n) is 3.77. The van der Waals surface area contributed by atoms with Crippen LogP contribution in [0.4, 0.5) is 4.39 Å². The summed E-state index contributed by atoms with van der Waals surface area (Å²) >= 11 is 0. The van der Waals surface area contributed by atoms with Crippen molar-refractivity contribution in [3.05, 3.63) is 105 Å². The van der Waals surface area contributed by atoms with Crippen molar-refractivity contribution < 1.29 is 4.39 Å². The number of rotatable bonds is 2. The SMILES string of the molecule is Cn1c2ccccc2c(=O)c2c(=O)n(-c3ccccc3)c(-c3ccc(F)cc3)nc21. The topological polar surface area (TPSA) is 56.9 Å². The number of aryl methyl sites for hydroxylation is 1. The van der Waals surface area contributed by atoms with Crippen molar-refractivity contribution in [1.29, 1.82) is 0 Å². The van der Waals surface area contributed by atoms with Crippen LogP contribution in [0.5, 0.6) is 0 Å². The minimum absolute atomic E-state index is 0.0194. The summed E-state index contributed by atoms with van der Waals surface area (Å²) in [5.41, 5.74) is 1.30. The Hall–Kier alpha value is -4.06. The van der Waals surface area contributed by atoms with E-state index in [9.17, 15) is 14.0 Å². The van der Waals surface area contributed by atoms with Crippen LogP contribution in [0.25, 0.3) is 39.0 Å². The van der Waals surface area contributed by atoms with E-state index in [1.807, 2.05) is 18.2 Å². The minimum atomic E-state index is -0.461. The van der Waals surface area contributed by atoms with Gasteiger partial charge in [-0.1, -0.05) is 30.3 Å². The van der Waals surface area contributed by atoms with Gasteiger partial charge in [-0.05, 0) is 48.5 Å². The highest BCUT2D eigenvalue weighted by molar-refractivity contribution is 5.92. The molecule has 3 aromatic carbocycles. The van der Waals surface area contributed by atoms with Crippen molar-refractivity contribution in [1.82, 2.24) is 14.1 Å².